The molecule has 21 heavy (non-hydrogen) atoms. The zero-order valence-corrected chi connectivity index (χ0v) is 11.5. The third-order valence-electron chi connectivity index (χ3n) is 2.60. The number of carbonyl (C=O) groups is 1. The lowest BCUT2D eigenvalue weighted by Crippen LogP contribution is -2.11. The van der Waals surface area contributed by atoms with Crippen molar-refractivity contribution in [3.63, 3.8) is 0 Å². The van der Waals surface area contributed by atoms with Crippen molar-refractivity contribution in [1.29, 1.82) is 0 Å². The first-order valence-corrected chi connectivity index (χ1v) is 6.11. The van der Waals surface area contributed by atoms with Crippen molar-refractivity contribution in [2.45, 2.75) is 13.8 Å². The number of nitrogens with zero attached hydrogens (tertiary/aromatic N) is 3. The Labute approximate surface area is 120 Å². The van der Waals surface area contributed by atoms with Crippen LogP contribution in [0, 0.1) is 11.8 Å². The van der Waals surface area contributed by atoms with Crippen molar-refractivity contribution in [1.82, 2.24) is 9.97 Å². The van der Waals surface area contributed by atoms with Crippen LogP contribution >= 0.6 is 0 Å². The van der Waals surface area contributed by atoms with Gasteiger partial charge in [0.2, 0.25) is 11.9 Å². The van der Waals surface area contributed by atoms with E-state index >= 15 is 0 Å². The van der Waals surface area contributed by atoms with Gasteiger partial charge in [0, 0.05) is 12.6 Å². The number of hydrogen-bond donors (Lipinski definition) is 3. The summed E-state index contributed by atoms with van der Waals surface area (Å²) in [6, 6.07) is 7.44. The highest BCUT2D eigenvalue weighted by atomic mass is 16.3. The van der Waals surface area contributed by atoms with Crippen LogP contribution in [0.1, 0.15) is 12.5 Å². The van der Waals surface area contributed by atoms with E-state index in [1.54, 1.807) is 0 Å². The van der Waals surface area contributed by atoms with Gasteiger partial charge < -0.3 is 16.4 Å². The number of nitroso groups, excluding NO2 is 1. The topological polar surface area (TPSA) is 122 Å². The fourth-order valence-corrected chi connectivity index (χ4v) is 1.67. The minimum atomic E-state index is -0.390. The van der Waals surface area contributed by atoms with E-state index in [4.69, 9.17) is 5.73 Å². The molecule has 108 valence electrons. The van der Waals surface area contributed by atoms with E-state index in [0.717, 1.165) is 5.56 Å². The third-order valence-corrected chi connectivity index (χ3v) is 2.60. The number of nitrogens with one attached hydrogen (secondary N) is 2. The van der Waals surface area contributed by atoms with Crippen molar-refractivity contribution < 1.29 is 4.79 Å². The Kier molecular flexibility index (Phi) is 4.07. The van der Waals surface area contributed by atoms with Crippen LogP contribution in [0.25, 0.3) is 0 Å². The molecule has 0 radical (unpaired) electrons. The maximum absolute atomic E-state index is 11.1. The average Bonchev–Trinajstić information content (AvgIpc) is 2.40. The van der Waals surface area contributed by atoms with Gasteiger partial charge in [0.25, 0.3) is 0 Å². The fourth-order valence-electron chi connectivity index (χ4n) is 1.67. The van der Waals surface area contributed by atoms with Crippen LogP contribution in [0.15, 0.2) is 29.4 Å². The second-order valence-electron chi connectivity index (χ2n) is 4.39. The summed E-state index contributed by atoms with van der Waals surface area (Å²) in [5.74, 6) is -0.371. The lowest BCUT2D eigenvalue weighted by Gasteiger charge is -2.11. The number of aryl methyl sites for hydroxylation is 1. The molecular formula is C13H14N6O2. The molecule has 1 heterocycles. The number of anilines is 4. The van der Waals surface area contributed by atoms with E-state index in [2.05, 4.69) is 25.8 Å². The second kappa shape index (κ2) is 5.95. The summed E-state index contributed by atoms with van der Waals surface area (Å²) in [5, 5.41) is 8.20. The molecule has 0 unspecified atom stereocenters. The molecule has 1 aromatic heterocycles. The van der Waals surface area contributed by atoms with Crippen LogP contribution in [-0.2, 0) is 4.79 Å². The van der Waals surface area contributed by atoms with Crippen LogP contribution in [0.2, 0.25) is 0 Å². The number of rotatable bonds is 4. The van der Waals surface area contributed by atoms with Crippen LogP contribution in [0.5, 0.6) is 0 Å². The molecule has 8 heteroatoms. The first-order chi connectivity index (χ1) is 9.99. The first kappa shape index (κ1) is 14.4. The molecule has 4 N–H and O–H groups in total. The summed E-state index contributed by atoms with van der Waals surface area (Å²) in [6.45, 7) is 3.25. The van der Waals surface area contributed by atoms with Gasteiger partial charge in [-0.3, -0.25) is 4.79 Å². The van der Waals surface area contributed by atoms with Gasteiger partial charge in [0.1, 0.15) is 0 Å². The molecule has 2 aromatic rings. The zero-order chi connectivity index (χ0) is 15.4. The molecule has 8 nitrogen and oxygen atoms in total. The number of aromatic nitrogens is 2. The van der Waals surface area contributed by atoms with E-state index in [0.29, 0.717) is 5.69 Å². The van der Waals surface area contributed by atoms with Crippen LogP contribution < -0.4 is 16.4 Å². The molecule has 0 aliphatic rings. The molecule has 1 amide bonds. The highest BCUT2D eigenvalue weighted by molar-refractivity contribution is 5.93. The molecule has 1 aromatic carbocycles. The monoisotopic (exact) mass is 286 g/mol. The number of hydrogen-bond acceptors (Lipinski definition) is 7. The van der Waals surface area contributed by atoms with Gasteiger partial charge >= 0.3 is 0 Å². The predicted octanol–water partition coefficient (Wildman–Crippen LogP) is 2.47. The molecule has 0 aliphatic carbocycles. The van der Waals surface area contributed by atoms with Crippen LogP contribution in [0.4, 0.5) is 29.0 Å². The van der Waals surface area contributed by atoms with E-state index in [1.807, 2.05) is 31.2 Å². The van der Waals surface area contributed by atoms with Crippen molar-refractivity contribution in [3.8, 4) is 0 Å². The van der Waals surface area contributed by atoms with Crippen molar-refractivity contribution in [2.75, 3.05) is 16.4 Å². The number of benzene rings is 1. The number of nitrogens with two attached hydrogens (primary N) is 1. The minimum absolute atomic E-state index is 0.0281. The highest BCUT2D eigenvalue weighted by Crippen LogP contribution is 2.33. The van der Waals surface area contributed by atoms with Crippen molar-refractivity contribution in [3.05, 3.63) is 34.7 Å². The zero-order valence-electron chi connectivity index (χ0n) is 11.5. The molecule has 0 spiro atoms. The summed E-state index contributed by atoms with van der Waals surface area (Å²) >= 11 is 0. The molecule has 0 atom stereocenters. The maximum atomic E-state index is 11.1. The third kappa shape index (κ3) is 3.50. The Morgan fingerprint density at radius 3 is 2.38 bits per heavy atom. The Hall–Kier alpha value is -3.03. The Morgan fingerprint density at radius 2 is 1.81 bits per heavy atom. The molecule has 0 aliphatic heterocycles. The average molecular weight is 286 g/mol. The Morgan fingerprint density at radius 1 is 1.19 bits per heavy atom. The van der Waals surface area contributed by atoms with Gasteiger partial charge in [-0.1, -0.05) is 17.7 Å². The van der Waals surface area contributed by atoms with Crippen LogP contribution in [-0.4, -0.2) is 15.9 Å². The molecule has 0 bridgehead atoms. The van der Waals surface area contributed by atoms with Gasteiger partial charge in [-0.2, -0.15) is 9.97 Å². The second-order valence-corrected chi connectivity index (χ2v) is 4.39. The summed E-state index contributed by atoms with van der Waals surface area (Å²) in [4.78, 5) is 29.9. The molecular weight excluding hydrogens is 272 g/mol. The number of amides is 1. The Balaban J connectivity index is 2.42. The normalized spacial score (nSPS) is 10.0. The van der Waals surface area contributed by atoms with Crippen molar-refractivity contribution >= 4 is 34.9 Å². The van der Waals surface area contributed by atoms with E-state index < -0.39 is 0 Å². The summed E-state index contributed by atoms with van der Waals surface area (Å²) in [6.07, 6.45) is 0. The van der Waals surface area contributed by atoms with Gasteiger partial charge in [-0.05, 0) is 24.2 Å². The number of carbonyl (C=O) groups excluding carboxylic acids is 1. The van der Waals surface area contributed by atoms with Gasteiger partial charge in [0.15, 0.2) is 17.3 Å². The lowest BCUT2D eigenvalue weighted by molar-refractivity contribution is -0.114. The standard InChI is InChI=1S/C13H14N6O2/c1-7-3-5-9(6-4-7)16-12-10(19-21)11(15-8(2)20)17-13(14)18-12/h3-6H,1-2H3,(H4,14,15,16,17,18,20). The van der Waals surface area contributed by atoms with Crippen LogP contribution in [0.3, 0.4) is 0 Å². The molecule has 0 fully saturated rings. The summed E-state index contributed by atoms with van der Waals surface area (Å²) < 4.78 is 0. The molecule has 0 saturated heterocycles. The quantitative estimate of drug-likeness (QED) is 0.742. The predicted molar refractivity (Wildman–Crippen MR) is 80.7 cm³/mol. The van der Waals surface area contributed by atoms with E-state index in [9.17, 15) is 9.70 Å². The van der Waals surface area contributed by atoms with E-state index in [-0.39, 0.29) is 29.2 Å². The summed E-state index contributed by atoms with van der Waals surface area (Å²) in [5.41, 5.74) is 7.27. The summed E-state index contributed by atoms with van der Waals surface area (Å²) in [7, 11) is 0. The van der Waals surface area contributed by atoms with Crippen molar-refractivity contribution in [2.24, 2.45) is 5.18 Å². The minimum Gasteiger partial charge on any atom is -0.368 e. The largest absolute Gasteiger partial charge is 0.368 e. The van der Waals surface area contributed by atoms with Gasteiger partial charge in [0.05, 0.1) is 0 Å². The first-order valence-electron chi connectivity index (χ1n) is 6.11. The van der Waals surface area contributed by atoms with Gasteiger partial charge in [-0.25, -0.2) is 0 Å². The fraction of sp³-hybridized carbons (Fsp3) is 0.154. The Bertz CT molecular complexity index is 684. The maximum Gasteiger partial charge on any atom is 0.224 e. The molecule has 2 rings (SSSR count). The smallest absolute Gasteiger partial charge is 0.224 e. The van der Waals surface area contributed by atoms with Gasteiger partial charge in [-0.15, -0.1) is 4.91 Å². The van der Waals surface area contributed by atoms with E-state index in [1.165, 1.54) is 6.92 Å². The lowest BCUT2D eigenvalue weighted by atomic mass is 10.2. The highest BCUT2D eigenvalue weighted by Gasteiger charge is 2.15. The number of nitrogen functional groups attached to an aromatic ring is 1. The molecule has 0 saturated carbocycles. The SMILES string of the molecule is CC(=O)Nc1nc(N)nc(Nc2ccc(C)cc2)c1N=O.